The third-order valence-electron chi connectivity index (χ3n) is 3.16. The number of ether oxygens (including phenoxy) is 1. The molecule has 1 fully saturated rings. The number of nitrogens with zero attached hydrogens (tertiary/aromatic N) is 1. The molecular formula is C15H10Br2N2O2S2. The zero-order chi connectivity index (χ0) is 16.6. The van der Waals surface area contributed by atoms with Crippen molar-refractivity contribution < 1.29 is 9.53 Å². The van der Waals surface area contributed by atoms with Gasteiger partial charge in [0.15, 0.2) is 5.11 Å². The Morgan fingerprint density at radius 1 is 1.35 bits per heavy atom. The average molecular weight is 474 g/mol. The Balaban J connectivity index is 1.97. The number of thiophene rings is 1. The molecule has 0 unspecified atom stereocenters. The number of benzene rings is 1. The summed E-state index contributed by atoms with van der Waals surface area (Å²) in [5.74, 6) is 0.382. The molecule has 3 rings (SSSR count). The number of carbonyl (C=O) groups excluding carboxylic acids is 1. The van der Waals surface area contributed by atoms with Crippen molar-refractivity contribution in [1.82, 2.24) is 5.32 Å². The summed E-state index contributed by atoms with van der Waals surface area (Å²) in [6, 6.07) is 9.21. The van der Waals surface area contributed by atoms with E-state index in [4.69, 9.17) is 17.0 Å². The number of para-hydroxylation sites is 2. The molecule has 2 aromatic rings. The minimum absolute atomic E-state index is 0.208. The molecule has 0 radical (unpaired) electrons. The highest BCUT2D eigenvalue weighted by Crippen LogP contribution is 2.35. The van der Waals surface area contributed by atoms with Gasteiger partial charge in [-0.15, -0.1) is 11.3 Å². The predicted molar refractivity (Wildman–Crippen MR) is 104 cm³/mol. The first-order valence-electron chi connectivity index (χ1n) is 6.46. The van der Waals surface area contributed by atoms with E-state index in [2.05, 4.69) is 37.2 Å². The molecule has 0 spiro atoms. The third-order valence-corrected chi connectivity index (χ3v) is 6.64. The maximum atomic E-state index is 12.7. The SMILES string of the molecule is COc1ccccc1N1C(=O)/C(=C\c2cc(Br)c(Br)s2)NC1=S. The van der Waals surface area contributed by atoms with E-state index in [0.717, 1.165) is 13.1 Å². The Hall–Kier alpha value is -1.22. The van der Waals surface area contributed by atoms with Crippen LogP contribution in [-0.2, 0) is 4.79 Å². The van der Waals surface area contributed by atoms with Crippen molar-refractivity contribution >= 4 is 78.2 Å². The zero-order valence-corrected chi connectivity index (χ0v) is 16.6. The van der Waals surface area contributed by atoms with E-state index < -0.39 is 0 Å². The van der Waals surface area contributed by atoms with Gasteiger partial charge in [0.25, 0.3) is 5.91 Å². The molecule has 118 valence electrons. The Labute approximate surface area is 159 Å². The average Bonchev–Trinajstić information content (AvgIpc) is 2.99. The molecule has 0 aliphatic carbocycles. The normalized spacial score (nSPS) is 16.1. The van der Waals surface area contributed by atoms with Crippen molar-refractivity contribution in [3.05, 3.63) is 49.2 Å². The van der Waals surface area contributed by atoms with E-state index in [9.17, 15) is 4.79 Å². The Bertz CT molecular complexity index is 813. The molecule has 23 heavy (non-hydrogen) atoms. The van der Waals surface area contributed by atoms with Gasteiger partial charge in [0.05, 0.1) is 16.6 Å². The standard InChI is InChI=1S/C15H10Br2N2O2S2/c1-21-12-5-3-2-4-11(12)19-14(20)10(18-15(19)22)7-8-6-9(16)13(17)23-8/h2-7H,1H3,(H,18,22)/b10-7+. The van der Waals surface area contributed by atoms with Gasteiger partial charge in [0.2, 0.25) is 0 Å². The van der Waals surface area contributed by atoms with Gasteiger partial charge in [-0.3, -0.25) is 4.79 Å². The first-order valence-corrected chi connectivity index (χ1v) is 9.27. The van der Waals surface area contributed by atoms with Crippen LogP contribution >= 0.6 is 55.4 Å². The number of hydrogen-bond acceptors (Lipinski definition) is 4. The second-order valence-electron chi connectivity index (χ2n) is 4.57. The van der Waals surface area contributed by atoms with E-state index in [1.165, 1.54) is 16.2 Å². The summed E-state index contributed by atoms with van der Waals surface area (Å²) >= 11 is 13.7. The number of amides is 1. The fourth-order valence-corrected chi connectivity index (χ4v) is 4.47. The molecule has 1 aliphatic heterocycles. The lowest BCUT2D eigenvalue weighted by Gasteiger charge is -2.17. The predicted octanol–water partition coefficient (Wildman–Crippen LogP) is 4.54. The van der Waals surface area contributed by atoms with Gasteiger partial charge in [0.1, 0.15) is 11.4 Å². The molecule has 1 aromatic carbocycles. The minimum Gasteiger partial charge on any atom is -0.495 e. The van der Waals surface area contributed by atoms with Crippen molar-refractivity contribution in [2.75, 3.05) is 12.0 Å². The van der Waals surface area contributed by atoms with Crippen molar-refractivity contribution in [3.63, 3.8) is 0 Å². The largest absolute Gasteiger partial charge is 0.495 e. The maximum absolute atomic E-state index is 12.7. The zero-order valence-electron chi connectivity index (χ0n) is 11.8. The van der Waals surface area contributed by atoms with Gasteiger partial charge in [-0.1, -0.05) is 12.1 Å². The van der Waals surface area contributed by atoms with Crippen molar-refractivity contribution in [2.45, 2.75) is 0 Å². The van der Waals surface area contributed by atoms with Crippen LogP contribution in [0.4, 0.5) is 5.69 Å². The molecule has 0 saturated carbocycles. The first-order chi connectivity index (χ1) is 11.0. The van der Waals surface area contributed by atoms with Gasteiger partial charge in [0, 0.05) is 9.35 Å². The van der Waals surface area contributed by atoms with Gasteiger partial charge in [-0.2, -0.15) is 0 Å². The number of methoxy groups -OCH3 is 1. The number of carbonyl (C=O) groups is 1. The quantitative estimate of drug-likeness (QED) is 0.524. The van der Waals surface area contributed by atoms with E-state index >= 15 is 0 Å². The number of nitrogens with one attached hydrogen (secondary N) is 1. The van der Waals surface area contributed by atoms with Crippen LogP contribution in [0.5, 0.6) is 5.75 Å². The van der Waals surface area contributed by atoms with E-state index in [1.54, 1.807) is 25.3 Å². The minimum atomic E-state index is -0.208. The van der Waals surface area contributed by atoms with Crippen LogP contribution in [0, 0.1) is 0 Å². The lowest BCUT2D eigenvalue weighted by Crippen LogP contribution is -2.30. The lowest BCUT2D eigenvalue weighted by atomic mass is 10.2. The fraction of sp³-hybridized carbons (Fsp3) is 0.0667. The number of halogens is 2. The second kappa shape index (κ2) is 6.72. The van der Waals surface area contributed by atoms with Gasteiger partial charge >= 0.3 is 0 Å². The van der Waals surface area contributed by atoms with E-state index in [-0.39, 0.29) is 5.91 Å². The highest BCUT2D eigenvalue weighted by Gasteiger charge is 2.33. The fourth-order valence-electron chi connectivity index (χ4n) is 2.15. The summed E-state index contributed by atoms with van der Waals surface area (Å²) in [4.78, 5) is 15.1. The molecule has 0 bridgehead atoms. The lowest BCUT2D eigenvalue weighted by molar-refractivity contribution is -0.113. The molecule has 1 N–H and O–H groups in total. The van der Waals surface area contributed by atoms with E-state index in [1.807, 2.05) is 18.2 Å². The Morgan fingerprint density at radius 2 is 2.09 bits per heavy atom. The van der Waals surface area contributed by atoms with Crippen LogP contribution in [0.2, 0.25) is 0 Å². The summed E-state index contributed by atoms with van der Waals surface area (Å²) in [6.07, 6.45) is 1.78. The molecule has 8 heteroatoms. The Morgan fingerprint density at radius 3 is 2.74 bits per heavy atom. The van der Waals surface area contributed by atoms with Gasteiger partial charge in [-0.25, -0.2) is 4.90 Å². The molecular weight excluding hydrogens is 464 g/mol. The van der Waals surface area contributed by atoms with Crippen LogP contribution in [-0.4, -0.2) is 18.1 Å². The van der Waals surface area contributed by atoms with Crippen LogP contribution in [0.3, 0.4) is 0 Å². The molecule has 1 saturated heterocycles. The van der Waals surface area contributed by atoms with Crippen molar-refractivity contribution in [1.29, 1.82) is 0 Å². The van der Waals surface area contributed by atoms with Gasteiger partial charge < -0.3 is 10.1 Å². The number of hydrogen-bond donors (Lipinski definition) is 1. The van der Waals surface area contributed by atoms with Crippen molar-refractivity contribution in [3.8, 4) is 5.75 Å². The summed E-state index contributed by atoms with van der Waals surface area (Å²) in [5, 5.41) is 3.30. The molecule has 0 atom stereocenters. The second-order valence-corrected chi connectivity index (χ2v) is 8.21. The third kappa shape index (κ3) is 3.21. The van der Waals surface area contributed by atoms with Crippen LogP contribution < -0.4 is 15.0 Å². The molecule has 1 aliphatic rings. The number of anilines is 1. The summed E-state index contributed by atoms with van der Waals surface area (Å²) in [6.45, 7) is 0. The molecule has 1 amide bonds. The Kier molecular flexibility index (Phi) is 4.86. The number of thiocarbonyl (C=S) groups is 1. The topological polar surface area (TPSA) is 41.6 Å². The van der Waals surface area contributed by atoms with E-state index in [0.29, 0.717) is 22.2 Å². The monoisotopic (exact) mass is 472 g/mol. The summed E-state index contributed by atoms with van der Waals surface area (Å²) < 4.78 is 7.24. The molecule has 4 nitrogen and oxygen atoms in total. The summed E-state index contributed by atoms with van der Waals surface area (Å²) in [7, 11) is 1.56. The summed E-state index contributed by atoms with van der Waals surface area (Å²) in [5.41, 5.74) is 1.05. The smallest absolute Gasteiger partial charge is 0.281 e. The van der Waals surface area contributed by atoms with Crippen molar-refractivity contribution in [2.24, 2.45) is 0 Å². The molecule has 2 heterocycles. The molecule has 1 aromatic heterocycles. The number of rotatable bonds is 3. The van der Waals surface area contributed by atoms with Gasteiger partial charge in [-0.05, 0) is 68.4 Å². The maximum Gasteiger partial charge on any atom is 0.281 e. The first kappa shape index (κ1) is 16.6. The van der Waals surface area contributed by atoms with Crippen LogP contribution in [0.25, 0.3) is 6.08 Å². The van der Waals surface area contributed by atoms with Crippen LogP contribution in [0.1, 0.15) is 4.88 Å². The highest BCUT2D eigenvalue weighted by molar-refractivity contribution is 9.13. The van der Waals surface area contributed by atoms with Crippen LogP contribution in [0.15, 0.2) is 44.3 Å². The highest BCUT2D eigenvalue weighted by atomic mass is 79.9.